The first-order chi connectivity index (χ1) is 8.10. The van der Waals surface area contributed by atoms with Crippen LogP contribution in [-0.4, -0.2) is 0 Å². The maximum atomic E-state index is 6.65. The van der Waals surface area contributed by atoms with E-state index >= 15 is 0 Å². The van der Waals surface area contributed by atoms with Crippen LogP contribution in [-0.2, 0) is 5.54 Å². The van der Waals surface area contributed by atoms with E-state index < -0.39 is 0 Å². The zero-order chi connectivity index (χ0) is 12.3. The zero-order valence-electron chi connectivity index (χ0n) is 11.2. The van der Waals surface area contributed by atoms with Crippen LogP contribution in [0, 0.1) is 11.8 Å². The highest BCUT2D eigenvalue weighted by Crippen LogP contribution is 2.40. The molecule has 1 aliphatic rings. The molecule has 1 heteroatoms. The summed E-state index contributed by atoms with van der Waals surface area (Å²) in [5.41, 5.74) is 7.90. The molecule has 1 nitrogen and oxygen atoms in total. The second-order valence-electron chi connectivity index (χ2n) is 6.11. The molecule has 0 heterocycles. The van der Waals surface area contributed by atoms with Gasteiger partial charge in [0.2, 0.25) is 0 Å². The van der Waals surface area contributed by atoms with Gasteiger partial charge in [-0.3, -0.25) is 0 Å². The van der Waals surface area contributed by atoms with Crippen molar-refractivity contribution in [1.82, 2.24) is 0 Å². The molecular weight excluding hydrogens is 206 g/mol. The Morgan fingerprint density at radius 2 is 2.00 bits per heavy atom. The lowest BCUT2D eigenvalue weighted by atomic mass is 9.70. The minimum Gasteiger partial charge on any atom is -0.321 e. The summed E-state index contributed by atoms with van der Waals surface area (Å²) in [6.45, 7) is 4.63. The summed E-state index contributed by atoms with van der Waals surface area (Å²) >= 11 is 0. The van der Waals surface area contributed by atoms with Crippen molar-refractivity contribution < 1.29 is 0 Å². The van der Waals surface area contributed by atoms with E-state index in [1.807, 2.05) is 0 Å². The Morgan fingerprint density at radius 3 is 2.65 bits per heavy atom. The van der Waals surface area contributed by atoms with Gasteiger partial charge in [0, 0.05) is 5.54 Å². The Bertz CT molecular complexity index is 344. The molecule has 2 N–H and O–H groups in total. The Labute approximate surface area is 105 Å². The van der Waals surface area contributed by atoms with E-state index in [0.29, 0.717) is 0 Å². The van der Waals surface area contributed by atoms with Gasteiger partial charge < -0.3 is 5.73 Å². The molecule has 2 unspecified atom stereocenters. The Morgan fingerprint density at radius 1 is 1.29 bits per heavy atom. The van der Waals surface area contributed by atoms with Crippen molar-refractivity contribution in [1.29, 1.82) is 0 Å². The number of benzene rings is 1. The fourth-order valence-corrected chi connectivity index (χ4v) is 3.33. The maximum Gasteiger partial charge on any atom is 0.0412 e. The van der Waals surface area contributed by atoms with Gasteiger partial charge >= 0.3 is 0 Å². The third kappa shape index (κ3) is 3.10. The largest absolute Gasteiger partial charge is 0.321 e. The summed E-state index contributed by atoms with van der Waals surface area (Å²) < 4.78 is 0. The fraction of sp³-hybridized carbons (Fsp3) is 0.625. The van der Waals surface area contributed by atoms with Crippen LogP contribution >= 0.6 is 0 Å². The topological polar surface area (TPSA) is 26.0 Å². The Balaban J connectivity index is 2.10. The molecule has 17 heavy (non-hydrogen) atoms. The van der Waals surface area contributed by atoms with Crippen molar-refractivity contribution in [3.05, 3.63) is 35.9 Å². The maximum absolute atomic E-state index is 6.65. The highest BCUT2D eigenvalue weighted by atomic mass is 14.8. The predicted octanol–water partition coefficient (Wildman–Crippen LogP) is 4.08. The molecule has 0 spiro atoms. The highest BCUT2D eigenvalue weighted by Gasteiger charge is 2.34. The summed E-state index contributed by atoms with van der Waals surface area (Å²) in [6.07, 6.45) is 6.28. The normalized spacial score (nSPS) is 29.5. The summed E-state index contributed by atoms with van der Waals surface area (Å²) in [7, 11) is 0. The Kier molecular flexibility index (Phi) is 3.88. The molecule has 0 aromatic heterocycles. The summed E-state index contributed by atoms with van der Waals surface area (Å²) in [4.78, 5) is 0. The van der Waals surface area contributed by atoms with E-state index in [1.54, 1.807) is 0 Å². The average molecular weight is 231 g/mol. The second kappa shape index (κ2) is 5.22. The van der Waals surface area contributed by atoms with E-state index in [4.69, 9.17) is 5.73 Å². The van der Waals surface area contributed by atoms with Gasteiger partial charge in [0.25, 0.3) is 0 Å². The quantitative estimate of drug-likeness (QED) is 0.833. The summed E-state index contributed by atoms with van der Waals surface area (Å²) in [5, 5.41) is 0. The standard InChI is InChI=1S/C16H25N/c1-13(2)11-14-7-6-10-16(17,12-14)15-8-4-3-5-9-15/h3-5,8-9,13-14H,6-7,10-12,17H2,1-2H3. The second-order valence-corrected chi connectivity index (χ2v) is 6.11. The number of hydrogen-bond donors (Lipinski definition) is 1. The number of rotatable bonds is 3. The van der Waals surface area contributed by atoms with Crippen molar-refractivity contribution in [2.75, 3.05) is 0 Å². The molecule has 0 aliphatic heterocycles. The molecular formula is C16H25N. The molecule has 1 aromatic carbocycles. The molecule has 2 rings (SSSR count). The molecule has 0 saturated heterocycles. The SMILES string of the molecule is CC(C)CC1CCCC(N)(c2ccccc2)C1. The molecule has 1 aliphatic carbocycles. The van der Waals surface area contributed by atoms with Gasteiger partial charge in [-0.25, -0.2) is 0 Å². The predicted molar refractivity (Wildman–Crippen MR) is 73.7 cm³/mol. The molecule has 0 radical (unpaired) electrons. The molecule has 0 bridgehead atoms. The first kappa shape index (κ1) is 12.6. The van der Waals surface area contributed by atoms with Crippen LogP contribution in [0.5, 0.6) is 0 Å². The van der Waals surface area contributed by atoms with Crippen molar-refractivity contribution in [3.8, 4) is 0 Å². The lowest BCUT2D eigenvalue weighted by molar-refractivity contribution is 0.202. The first-order valence-corrected chi connectivity index (χ1v) is 6.94. The first-order valence-electron chi connectivity index (χ1n) is 6.94. The monoisotopic (exact) mass is 231 g/mol. The molecule has 1 aromatic rings. The number of nitrogens with two attached hydrogens (primary N) is 1. The van der Waals surface area contributed by atoms with E-state index in [9.17, 15) is 0 Å². The smallest absolute Gasteiger partial charge is 0.0412 e. The number of hydrogen-bond acceptors (Lipinski definition) is 1. The van der Waals surface area contributed by atoms with Gasteiger partial charge in [0.05, 0.1) is 0 Å². The Hall–Kier alpha value is -0.820. The molecule has 1 fully saturated rings. The van der Waals surface area contributed by atoms with Gasteiger partial charge in [-0.2, -0.15) is 0 Å². The van der Waals surface area contributed by atoms with Crippen LogP contribution < -0.4 is 5.73 Å². The lowest BCUT2D eigenvalue weighted by Gasteiger charge is -2.39. The van der Waals surface area contributed by atoms with Gasteiger partial charge in [-0.1, -0.05) is 57.0 Å². The molecule has 94 valence electrons. The summed E-state index contributed by atoms with van der Waals surface area (Å²) in [5.74, 6) is 1.60. The van der Waals surface area contributed by atoms with E-state index in [1.165, 1.54) is 24.8 Å². The van der Waals surface area contributed by atoms with Crippen LogP contribution in [0.15, 0.2) is 30.3 Å². The van der Waals surface area contributed by atoms with Gasteiger partial charge in [0.15, 0.2) is 0 Å². The molecule has 0 amide bonds. The van der Waals surface area contributed by atoms with E-state index in [-0.39, 0.29) is 5.54 Å². The summed E-state index contributed by atoms with van der Waals surface area (Å²) in [6, 6.07) is 10.7. The fourth-order valence-electron chi connectivity index (χ4n) is 3.33. The third-order valence-electron chi connectivity index (χ3n) is 4.04. The van der Waals surface area contributed by atoms with Gasteiger partial charge in [0.1, 0.15) is 0 Å². The van der Waals surface area contributed by atoms with Crippen molar-refractivity contribution in [3.63, 3.8) is 0 Å². The minimum atomic E-state index is -0.0704. The van der Waals surface area contributed by atoms with Gasteiger partial charge in [-0.05, 0) is 36.7 Å². The van der Waals surface area contributed by atoms with Crippen LogP contribution in [0.4, 0.5) is 0 Å². The van der Waals surface area contributed by atoms with Crippen LogP contribution in [0.3, 0.4) is 0 Å². The minimum absolute atomic E-state index is 0.0704. The molecule has 1 saturated carbocycles. The zero-order valence-corrected chi connectivity index (χ0v) is 11.2. The van der Waals surface area contributed by atoms with Crippen molar-refractivity contribution in [2.45, 2.75) is 51.5 Å². The molecule has 2 atom stereocenters. The lowest BCUT2D eigenvalue weighted by Crippen LogP contribution is -2.41. The van der Waals surface area contributed by atoms with Crippen LogP contribution in [0.2, 0.25) is 0 Å². The third-order valence-corrected chi connectivity index (χ3v) is 4.04. The van der Waals surface area contributed by atoms with Gasteiger partial charge in [-0.15, -0.1) is 0 Å². The average Bonchev–Trinajstić information content (AvgIpc) is 2.29. The van der Waals surface area contributed by atoms with Crippen molar-refractivity contribution in [2.24, 2.45) is 17.6 Å². The van der Waals surface area contributed by atoms with Crippen LogP contribution in [0.1, 0.15) is 51.5 Å². The van der Waals surface area contributed by atoms with E-state index in [0.717, 1.165) is 24.7 Å². The van der Waals surface area contributed by atoms with Crippen LogP contribution in [0.25, 0.3) is 0 Å². The van der Waals surface area contributed by atoms with Crippen molar-refractivity contribution >= 4 is 0 Å². The highest BCUT2D eigenvalue weighted by molar-refractivity contribution is 5.24. The van der Waals surface area contributed by atoms with E-state index in [2.05, 4.69) is 44.2 Å².